The number of hydrogen-bond donors (Lipinski definition) is 1. The van der Waals surface area contributed by atoms with E-state index in [0.29, 0.717) is 29.5 Å². The third kappa shape index (κ3) is 3.79. The van der Waals surface area contributed by atoms with Crippen LogP contribution in [0.25, 0.3) is 0 Å². The molecule has 0 saturated carbocycles. The Morgan fingerprint density at radius 2 is 2.00 bits per heavy atom. The largest absolute Gasteiger partial charge is 0.493 e. The van der Waals surface area contributed by atoms with E-state index in [2.05, 4.69) is 0 Å². The van der Waals surface area contributed by atoms with E-state index in [9.17, 15) is 0 Å². The lowest BCUT2D eigenvalue weighted by molar-refractivity contribution is 0.305. The molecule has 0 heterocycles. The first kappa shape index (κ1) is 14.1. The van der Waals surface area contributed by atoms with Gasteiger partial charge < -0.3 is 15.2 Å². The van der Waals surface area contributed by atoms with Gasteiger partial charge in [-0.25, -0.2) is 0 Å². The van der Waals surface area contributed by atoms with Gasteiger partial charge in [0.1, 0.15) is 0 Å². The Morgan fingerprint density at radius 3 is 2.47 bits per heavy atom. The molecule has 0 aromatic heterocycles. The molecule has 4 heteroatoms. The van der Waals surface area contributed by atoms with E-state index < -0.39 is 0 Å². The molecular formula is C13H20ClNO2. The van der Waals surface area contributed by atoms with Crippen LogP contribution in [0.4, 0.5) is 0 Å². The number of ether oxygens (including phenoxy) is 2. The topological polar surface area (TPSA) is 44.5 Å². The second-order valence-electron chi connectivity index (χ2n) is 4.66. The Bertz CT molecular complexity index is 386. The number of rotatable bonds is 5. The highest BCUT2D eigenvalue weighted by atomic mass is 35.5. The first-order valence-corrected chi connectivity index (χ1v) is 6.04. The molecule has 0 aliphatic heterocycles. The quantitative estimate of drug-likeness (QED) is 0.882. The molecule has 3 nitrogen and oxygen atoms in total. The van der Waals surface area contributed by atoms with Crippen LogP contribution < -0.4 is 15.2 Å². The van der Waals surface area contributed by atoms with Gasteiger partial charge in [0, 0.05) is 16.1 Å². The van der Waals surface area contributed by atoms with Crippen LogP contribution in [0.3, 0.4) is 0 Å². The molecule has 17 heavy (non-hydrogen) atoms. The summed E-state index contributed by atoms with van der Waals surface area (Å²) < 4.78 is 10.9. The summed E-state index contributed by atoms with van der Waals surface area (Å²) in [7, 11) is 1.61. The zero-order valence-corrected chi connectivity index (χ0v) is 11.6. The molecule has 0 bridgehead atoms. The molecule has 0 spiro atoms. The summed E-state index contributed by atoms with van der Waals surface area (Å²) in [5.74, 6) is 1.39. The number of benzene rings is 1. The molecule has 1 aromatic rings. The van der Waals surface area contributed by atoms with Crippen molar-refractivity contribution in [3.8, 4) is 11.5 Å². The normalized spacial score (nSPS) is 11.4. The lowest BCUT2D eigenvalue weighted by atomic mass is 9.95. The summed E-state index contributed by atoms with van der Waals surface area (Å²) in [6, 6.07) is 3.62. The second kappa shape index (κ2) is 5.61. The van der Waals surface area contributed by atoms with E-state index in [1.807, 2.05) is 26.8 Å². The molecule has 0 aliphatic carbocycles. The average Bonchev–Trinajstić information content (AvgIpc) is 2.22. The van der Waals surface area contributed by atoms with Crippen molar-refractivity contribution in [2.75, 3.05) is 13.7 Å². The van der Waals surface area contributed by atoms with E-state index in [4.69, 9.17) is 26.8 Å². The lowest BCUT2D eigenvalue weighted by Gasteiger charge is -2.22. The van der Waals surface area contributed by atoms with Crippen LogP contribution in [0.15, 0.2) is 12.1 Å². The van der Waals surface area contributed by atoms with E-state index in [-0.39, 0.29) is 5.54 Å². The molecule has 0 unspecified atom stereocenters. The minimum Gasteiger partial charge on any atom is -0.493 e. The monoisotopic (exact) mass is 257 g/mol. The van der Waals surface area contributed by atoms with E-state index in [1.54, 1.807) is 13.2 Å². The fourth-order valence-corrected chi connectivity index (χ4v) is 1.88. The van der Waals surface area contributed by atoms with Crippen LogP contribution in [0.5, 0.6) is 11.5 Å². The van der Waals surface area contributed by atoms with Crippen molar-refractivity contribution in [3.63, 3.8) is 0 Å². The maximum absolute atomic E-state index is 6.21. The smallest absolute Gasteiger partial charge is 0.165 e. The summed E-state index contributed by atoms with van der Waals surface area (Å²) >= 11 is 6.21. The minimum atomic E-state index is -0.345. The fraction of sp³-hybridized carbons (Fsp3) is 0.538. The van der Waals surface area contributed by atoms with Gasteiger partial charge in [0.25, 0.3) is 0 Å². The highest BCUT2D eigenvalue weighted by Gasteiger charge is 2.20. The average molecular weight is 258 g/mol. The number of hydrogen-bond acceptors (Lipinski definition) is 3. The number of methoxy groups -OCH3 is 1. The summed E-state index contributed by atoms with van der Waals surface area (Å²) in [6.45, 7) is 6.41. The molecule has 0 radical (unpaired) electrons. The Balaban J connectivity index is 3.23. The highest BCUT2D eigenvalue weighted by molar-refractivity contribution is 6.31. The minimum absolute atomic E-state index is 0.345. The summed E-state index contributed by atoms with van der Waals surface area (Å²) in [5, 5.41) is 0.660. The molecule has 2 N–H and O–H groups in total. The zero-order valence-electron chi connectivity index (χ0n) is 10.8. The van der Waals surface area contributed by atoms with Gasteiger partial charge in [-0.3, -0.25) is 0 Å². The van der Waals surface area contributed by atoms with Gasteiger partial charge in [-0.1, -0.05) is 11.6 Å². The van der Waals surface area contributed by atoms with Crippen molar-refractivity contribution >= 4 is 11.6 Å². The summed E-state index contributed by atoms with van der Waals surface area (Å²) in [6.07, 6.45) is 0.637. The predicted molar refractivity (Wildman–Crippen MR) is 71.1 cm³/mol. The van der Waals surface area contributed by atoms with Crippen LogP contribution in [0, 0.1) is 0 Å². The molecule has 0 amide bonds. The maximum Gasteiger partial charge on any atom is 0.165 e. The van der Waals surface area contributed by atoms with Crippen LogP contribution in [-0.2, 0) is 6.42 Å². The molecule has 1 aromatic carbocycles. The second-order valence-corrected chi connectivity index (χ2v) is 5.06. The van der Waals surface area contributed by atoms with E-state index >= 15 is 0 Å². The van der Waals surface area contributed by atoms with Crippen molar-refractivity contribution in [1.29, 1.82) is 0 Å². The highest BCUT2D eigenvalue weighted by Crippen LogP contribution is 2.37. The van der Waals surface area contributed by atoms with Gasteiger partial charge in [0.2, 0.25) is 0 Å². The third-order valence-corrected chi connectivity index (χ3v) is 2.66. The molecule has 1 rings (SSSR count). The summed E-state index contributed by atoms with van der Waals surface area (Å²) in [5.41, 5.74) is 6.60. The van der Waals surface area contributed by atoms with Gasteiger partial charge in [-0.05, 0) is 39.3 Å². The van der Waals surface area contributed by atoms with Crippen LogP contribution in [-0.4, -0.2) is 19.3 Å². The first-order valence-electron chi connectivity index (χ1n) is 5.66. The number of halogens is 1. The first-order chi connectivity index (χ1) is 7.89. The summed E-state index contributed by atoms with van der Waals surface area (Å²) in [4.78, 5) is 0. The number of nitrogens with two attached hydrogens (primary N) is 1. The SMILES string of the molecule is CCOc1c(OC)ccc(Cl)c1CC(C)(C)N. The van der Waals surface area contributed by atoms with Crippen LogP contribution in [0.1, 0.15) is 26.3 Å². The molecule has 0 atom stereocenters. The van der Waals surface area contributed by atoms with Crippen LogP contribution >= 0.6 is 11.6 Å². The predicted octanol–water partition coefficient (Wildman–Crippen LogP) is 3.03. The standard InChI is InChI=1S/C13H20ClNO2/c1-5-17-12-9(8-13(2,3)15)10(14)6-7-11(12)16-4/h6-7H,5,8,15H2,1-4H3. The van der Waals surface area contributed by atoms with Gasteiger partial charge >= 0.3 is 0 Å². The van der Waals surface area contributed by atoms with Gasteiger partial charge in [0.15, 0.2) is 11.5 Å². The molecular weight excluding hydrogens is 238 g/mol. The fourth-order valence-electron chi connectivity index (χ4n) is 1.67. The van der Waals surface area contributed by atoms with Crippen molar-refractivity contribution in [2.45, 2.75) is 32.7 Å². The Kier molecular flexibility index (Phi) is 4.66. The van der Waals surface area contributed by atoms with Gasteiger partial charge in [0.05, 0.1) is 13.7 Å². The Labute approximate surface area is 108 Å². The molecule has 96 valence electrons. The molecule has 0 aliphatic rings. The molecule has 0 saturated heterocycles. The van der Waals surface area contributed by atoms with E-state index in [1.165, 1.54) is 0 Å². The zero-order chi connectivity index (χ0) is 13.1. The van der Waals surface area contributed by atoms with Crippen LogP contribution in [0.2, 0.25) is 5.02 Å². The van der Waals surface area contributed by atoms with Gasteiger partial charge in [-0.15, -0.1) is 0 Å². The van der Waals surface area contributed by atoms with Gasteiger partial charge in [-0.2, -0.15) is 0 Å². The van der Waals surface area contributed by atoms with E-state index in [0.717, 1.165) is 5.56 Å². The maximum atomic E-state index is 6.21. The van der Waals surface area contributed by atoms with Crippen molar-refractivity contribution in [1.82, 2.24) is 0 Å². The van der Waals surface area contributed by atoms with Crippen molar-refractivity contribution in [3.05, 3.63) is 22.7 Å². The Morgan fingerprint density at radius 1 is 1.35 bits per heavy atom. The van der Waals surface area contributed by atoms with Crippen molar-refractivity contribution < 1.29 is 9.47 Å². The molecule has 0 fully saturated rings. The third-order valence-electron chi connectivity index (χ3n) is 2.31. The Hall–Kier alpha value is -0.930. The van der Waals surface area contributed by atoms with Crippen molar-refractivity contribution in [2.24, 2.45) is 5.73 Å². The lowest BCUT2D eigenvalue weighted by Crippen LogP contribution is -2.34.